The minimum Gasteiger partial charge on any atom is -0.511 e. The van der Waals surface area contributed by atoms with Gasteiger partial charge in [0, 0.05) is 19.1 Å². The van der Waals surface area contributed by atoms with Crippen LogP contribution in [0.25, 0.3) is 0 Å². The van der Waals surface area contributed by atoms with Crippen molar-refractivity contribution in [2.24, 2.45) is 15.6 Å². The number of allylic oxidation sites excluding steroid dienone is 2. The molecule has 5 heteroatoms. The first-order chi connectivity index (χ1) is 10.3. The van der Waals surface area contributed by atoms with Crippen molar-refractivity contribution in [2.75, 3.05) is 0 Å². The summed E-state index contributed by atoms with van der Waals surface area (Å²) in [6, 6.07) is 7.08. The fourth-order valence-corrected chi connectivity index (χ4v) is 2.43. The number of ketones is 1. The van der Waals surface area contributed by atoms with Crippen molar-refractivity contribution in [2.45, 2.75) is 33.6 Å². The van der Waals surface area contributed by atoms with Crippen LogP contribution in [0.2, 0.25) is 0 Å². The molecule has 0 unspecified atom stereocenters. The van der Waals surface area contributed by atoms with Crippen LogP contribution in [-0.2, 0) is 4.79 Å². The van der Waals surface area contributed by atoms with Gasteiger partial charge in [-0.2, -0.15) is 0 Å². The second-order valence-electron chi connectivity index (χ2n) is 6.29. The molecular formula is C17H20N2O3. The SMILES string of the molecule is CC(=NO)c1ccc(N=CC2=C(O)CC(C)(C)CC2=O)cc1. The number of benzene rings is 1. The molecular weight excluding hydrogens is 280 g/mol. The van der Waals surface area contributed by atoms with Crippen molar-refractivity contribution in [3.63, 3.8) is 0 Å². The van der Waals surface area contributed by atoms with E-state index < -0.39 is 0 Å². The Morgan fingerprint density at radius 1 is 1.23 bits per heavy atom. The van der Waals surface area contributed by atoms with E-state index in [0.29, 0.717) is 24.2 Å². The Morgan fingerprint density at radius 2 is 1.86 bits per heavy atom. The molecule has 0 fully saturated rings. The van der Waals surface area contributed by atoms with E-state index >= 15 is 0 Å². The Kier molecular flexibility index (Phi) is 4.45. The summed E-state index contributed by atoms with van der Waals surface area (Å²) in [4.78, 5) is 16.3. The molecule has 0 saturated heterocycles. The first kappa shape index (κ1) is 15.9. The Balaban J connectivity index is 2.20. The number of aliphatic imine (C=N–C) groups is 1. The summed E-state index contributed by atoms with van der Waals surface area (Å²) in [6.07, 6.45) is 2.31. The van der Waals surface area contributed by atoms with Crippen LogP contribution in [0.1, 0.15) is 39.2 Å². The molecule has 22 heavy (non-hydrogen) atoms. The largest absolute Gasteiger partial charge is 0.511 e. The zero-order valence-electron chi connectivity index (χ0n) is 13.0. The van der Waals surface area contributed by atoms with Crippen LogP contribution in [0.5, 0.6) is 0 Å². The van der Waals surface area contributed by atoms with Gasteiger partial charge in [0.2, 0.25) is 0 Å². The van der Waals surface area contributed by atoms with Crippen molar-refractivity contribution in [1.82, 2.24) is 0 Å². The molecule has 1 aliphatic carbocycles. The van der Waals surface area contributed by atoms with Crippen molar-refractivity contribution in [3.05, 3.63) is 41.2 Å². The summed E-state index contributed by atoms with van der Waals surface area (Å²) in [5.74, 6) is 0.0160. The highest BCUT2D eigenvalue weighted by atomic mass is 16.4. The number of aliphatic hydroxyl groups excluding tert-OH is 1. The summed E-state index contributed by atoms with van der Waals surface area (Å²) >= 11 is 0. The van der Waals surface area contributed by atoms with E-state index in [1.807, 2.05) is 13.8 Å². The van der Waals surface area contributed by atoms with Gasteiger partial charge in [-0.15, -0.1) is 0 Å². The zero-order valence-corrected chi connectivity index (χ0v) is 13.0. The minimum atomic E-state index is -0.207. The molecule has 0 spiro atoms. The number of aliphatic hydroxyl groups is 1. The molecule has 0 bridgehead atoms. The van der Waals surface area contributed by atoms with E-state index in [-0.39, 0.29) is 22.5 Å². The van der Waals surface area contributed by atoms with Crippen molar-refractivity contribution >= 4 is 23.4 Å². The van der Waals surface area contributed by atoms with E-state index in [9.17, 15) is 9.90 Å². The maximum atomic E-state index is 12.1. The molecule has 0 aromatic heterocycles. The Bertz CT molecular complexity index is 668. The second kappa shape index (κ2) is 6.13. The maximum absolute atomic E-state index is 12.1. The summed E-state index contributed by atoms with van der Waals surface area (Å²) in [6.45, 7) is 5.61. The predicted octanol–water partition coefficient (Wildman–Crippen LogP) is 3.79. The van der Waals surface area contributed by atoms with Crippen molar-refractivity contribution in [3.8, 4) is 0 Å². The van der Waals surface area contributed by atoms with Gasteiger partial charge in [0.15, 0.2) is 5.78 Å². The van der Waals surface area contributed by atoms with Gasteiger partial charge >= 0.3 is 0 Å². The highest BCUT2D eigenvalue weighted by Crippen LogP contribution is 2.35. The van der Waals surface area contributed by atoms with Crippen LogP contribution in [-0.4, -0.2) is 28.0 Å². The number of hydrogen-bond acceptors (Lipinski definition) is 5. The smallest absolute Gasteiger partial charge is 0.168 e. The quantitative estimate of drug-likeness (QED) is 0.506. The molecule has 0 amide bonds. The van der Waals surface area contributed by atoms with E-state index in [2.05, 4.69) is 10.1 Å². The van der Waals surface area contributed by atoms with E-state index in [0.717, 1.165) is 5.56 Å². The Labute approximate surface area is 129 Å². The summed E-state index contributed by atoms with van der Waals surface area (Å²) < 4.78 is 0. The number of oxime groups is 1. The molecule has 5 nitrogen and oxygen atoms in total. The van der Waals surface area contributed by atoms with Gasteiger partial charge in [0.25, 0.3) is 0 Å². The number of Topliss-reactive ketones (excluding diaryl/α,β-unsaturated/α-hetero) is 1. The fraction of sp³-hybridized carbons (Fsp3) is 0.353. The van der Waals surface area contributed by atoms with Crippen LogP contribution in [0.3, 0.4) is 0 Å². The lowest BCUT2D eigenvalue weighted by Crippen LogP contribution is -2.26. The third kappa shape index (κ3) is 3.61. The second-order valence-corrected chi connectivity index (χ2v) is 6.29. The molecule has 1 aliphatic rings. The number of nitrogens with zero attached hydrogens (tertiary/aromatic N) is 2. The predicted molar refractivity (Wildman–Crippen MR) is 86.3 cm³/mol. The molecule has 2 N–H and O–H groups in total. The number of rotatable bonds is 3. The first-order valence-corrected chi connectivity index (χ1v) is 7.11. The van der Waals surface area contributed by atoms with Crippen LogP contribution in [0.15, 0.2) is 45.7 Å². The molecule has 2 rings (SSSR count). The van der Waals surface area contributed by atoms with E-state index in [1.54, 1.807) is 31.2 Å². The molecule has 0 aliphatic heterocycles. The molecule has 1 aromatic carbocycles. The first-order valence-electron chi connectivity index (χ1n) is 7.11. The van der Waals surface area contributed by atoms with Crippen LogP contribution >= 0.6 is 0 Å². The third-order valence-corrected chi connectivity index (χ3v) is 3.67. The highest BCUT2D eigenvalue weighted by Gasteiger charge is 2.32. The Morgan fingerprint density at radius 3 is 2.41 bits per heavy atom. The number of carbonyl (C=O) groups excluding carboxylic acids is 1. The standard InChI is InChI=1S/C17H20N2O3/c1-11(19-22)12-4-6-13(7-5-12)18-10-14-15(20)8-17(2,3)9-16(14)21/h4-7,10,20,22H,8-9H2,1-3H3. The summed E-state index contributed by atoms with van der Waals surface area (Å²) in [5, 5.41) is 21.9. The normalized spacial score (nSPS) is 19.0. The molecule has 0 heterocycles. The number of carbonyl (C=O) groups is 1. The van der Waals surface area contributed by atoms with Gasteiger partial charge in [0.1, 0.15) is 5.76 Å². The molecule has 0 saturated carbocycles. The summed E-state index contributed by atoms with van der Waals surface area (Å²) in [7, 11) is 0. The average Bonchev–Trinajstić information content (AvgIpc) is 2.45. The van der Waals surface area contributed by atoms with Crippen LogP contribution < -0.4 is 0 Å². The molecule has 0 radical (unpaired) electrons. The van der Waals surface area contributed by atoms with Gasteiger partial charge in [-0.25, -0.2) is 0 Å². The minimum absolute atomic E-state index is 0.0858. The van der Waals surface area contributed by atoms with Crippen molar-refractivity contribution < 1.29 is 15.1 Å². The van der Waals surface area contributed by atoms with Gasteiger partial charge < -0.3 is 10.3 Å². The lowest BCUT2D eigenvalue weighted by molar-refractivity contribution is -0.117. The Hall–Kier alpha value is -2.43. The zero-order chi connectivity index (χ0) is 16.3. The van der Waals surface area contributed by atoms with E-state index in [4.69, 9.17) is 5.21 Å². The lowest BCUT2D eigenvalue weighted by Gasteiger charge is -2.28. The van der Waals surface area contributed by atoms with E-state index in [1.165, 1.54) is 6.21 Å². The fourth-order valence-electron chi connectivity index (χ4n) is 2.43. The summed E-state index contributed by atoms with van der Waals surface area (Å²) in [5.41, 5.74) is 2.05. The van der Waals surface area contributed by atoms with Gasteiger partial charge in [-0.1, -0.05) is 31.1 Å². The highest BCUT2D eigenvalue weighted by molar-refractivity contribution is 6.14. The molecule has 116 valence electrons. The van der Waals surface area contributed by atoms with Crippen molar-refractivity contribution in [1.29, 1.82) is 0 Å². The van der Waals surface area contributed by atoms with Gasteiger partial charge in [-0.3, -0.25) is 9.79 Å². The van der Waals surface area contributed by atoms with Crippen LogP contribution in [0, 0.1) is 5.41 Å². The number of hydrogen-bond donors (Lipinski definition) is 2. The third-order valence-electron chi connectivity index (χ3n) is 3.67. The monoisotopic (exact) mass is 300 g/mol. The maximum Gasteiger partial charge on any atom is 0.168 e. The lowest BCUT2D eigenvalue weighted by atomic mass is 9.77. The van der Waals surface area contributed by atoms with Gasteiger partial charge in [0.05, 0.1) is 17.0 Å². The average molecular weight is 300 g/mol. The molecule has 1 aromatic rings. The molecule has 0 atom stereocenters. The topological polar surface area (TPSA) is 82.2 Å². The van der Waals surface area contributed by atoms with Gasteiger partial charge in [-0.05, 0) is 30.0 Å². The van der Waals surface area contributed by atoms with Crippen LogP contribution in [0.4, 0.5) is 5.69 Å².